The van der Waals surface area contributed by atoms with Gasteiger partial charge in [-0.15, -0.1) is 0 Å². The third-order valence-electron chi connectivity index (χ3n) is 4.69. The van der Waals surface area contributed by atoms with Gasteiger partial charge in [0.25, 0.3) is 5.91 Å². The molecule has 0 saturated heterocycles. The van der Waals surface area contributed by atoms with E-state index in [1.165, 1.54) is 12.8 Å². The number of hydrogen-bond acceptors (Lipinski definition) is 3. The Morgan fingerprint density at radius 1 is 1.35 bits per heavy atom. The van der Waals surface area contributed by atoms with E-state index in [1.54, 1.807) is 7.11 Å². The number of carbonyl (C=O) groups is 1. The van der Waals surface area contributed by atoms with Gasteiger partial charge in [-0.05, 0) is 69.7 Å². The van der Waals surface area contributed by atoms with E-state index in [0.717, 1.165) is 36.3 Å². The molecule has 23 heavy (non-hydrogen) atoms. The molecule has 1 unspecified atom stereocenters. The fourth-order valence-electron chi connectivity index (χ4n) is 3.09. The van der Waals surface area contributed by atoms with Crippen molar-refractivity contribution in [2.75, 3.05) is 12.4 Å². The molecule has 0 spiro atoms. The van der Waals surface area contributed by atoms with Gasteiger partial charge in [-0.1, -0.05) is 13.3 Å². The Hall–Kier alpha value is -1.55. The van der Waals surface area contributed by atoms with Crippen molar-refractivity contribution in [2.45, 2.75) is 71.0 Å². The highest BCUT2D eigenvalue weighted by molar-refractivity contribution is 5.97. The van der Waals surface area contributed by atoms with E-state index in [2.05, 4.69) is 5.32 Å². The molecule has 2 rings (SSSR count). The molecule has 128 valence electrons. The van der Waals surface area contributed by atoms with Gasteiger partial charge in [-0.2, -0.15) is 0 Å². The molecule has 1 atom stereocenters. The van der Waals surface area contributed by atoms with Crippen LogP contribution in [0.4, 0.5) is 5.69 Å². The number of amides is 1. The summed E-state index contributed by atoms with van der Waals surface area (Å²) in [5, 5.41) is 2.96. The molecule has 1 aliphatic carbocycles. The molecule has 4 heteroatoms. The van der Waals surface area contributed by atoms with Crippen LogP contribution in [0.1, 0.15) is 57.9 Å². The molecule has 1 aromatic rings. The van der Waals surface area contributed by atoms with Gasteiger partial charge in [0.05, 0.1) is 6.10 Å². The molecule has 1 saturated carbocycles. The molecule has 4 nitrogen and oxygen atoms in total. The van der Waals surface area contributed by atoms with E-state index in [-0.39, 0.29) is 5.91 Å². The zero-order valence-corrected chi connectivity index (χ0v) is 14.8. The number of methoxy groups -OCH3 is 1. The second-order valence-electron chi connectivity index (χ2n) is 6.64. The van der Waals surface area contributed by atoms with Crippen molar-refractivity contribution < 1.29 is 14.3 Å². The van der Waals surface area contributed by atoms with E-state index >= 15 is 0 Å². The van der Waals surface area contributed by atoms with Crippen LogP contribution in [0.25, 0.3) is 0 Å². The van der Waals surface area contributed by atoms with Gasteiger partial charge in [0, 0.05) is 12.8 Å². The number of hydrogen-bond donors (Lipinski definition) is 1. The molecule has 1 fully saturated rings. The van der Waals surface area contributed by atoms with Crippen molar-refractivity contribution in [1.82, 2.24) is 0 Å². The number of aryl methyl sites for hydroxylation is 1. The first-order valence-corrected chi connectivity index (χ1v) is 8.62. The summed E-state index contributed by atoms with van der Waals surface area (Å²) in [6, 6.07) is 5.81. The smallest absolute Gasteiger partial charge is 0.256 e. The van der Waals surface area contributed by atoms with Crippen molar-refractivity contribution in [1.29, 1.82) is 0 Å². The van der Waals surface area contributed by atoms with Crippen LogP contribution in [0.5, 0.6) is 5.75 Å². The van der Waals surface area contributed by atoms with Crippen LogP contribution in [0, 0.1) is 6.92 Å². The standard InChI is InChI=1S/C19H29NO3/c1-5-12-19(3,22-4)18(21)20-15-10-11-17(14(2)13-15)23-16-8-6-7-9-16/h10-11,13,16H,5-9,12H2,1-4H3,(H,20,21). The molecule has 1 aliphatic rings. The van der Waals surface area contributed by atoms with E-state index in [1.807, 2.05) is 39.0 Å². The first-order chi connectivity index (χ1) is 11.0. The summed E-state index contributed by atoms with van der Waals surface area (Å²) in [5.74, 6) is 0.809. The van der Waals surface area contributed by atoms with Gasteiger partial charge in [0.15, 0.2) is 0 Å². The maximum atomic E-state index is 12.5. The van der Waals surface area contributed by atoms with Gasteiger partial charge >= 0.3 is 0 Å². The molecule has 1 N–H and O–H groups in total. The van der Waals surface area contributed by atoms with Gasteiger partial charge in [0.2, 0.25) is 0 Å². The highest BCUT2D eigenvalue weighted by Crippen LogP contribution is 2.28. The summed E-state index contributed by atoms with van der Waals surface area (Å²) in [6.45, 7) is 5.89. The number of nitrogens with one attached hydrogen (secondary N) is 1. The molecule has 0 heterocycles. The Bertz CT molecular complexity index is 537. The van der Waals surface area contributed by atoms with Gasteiger partial charge in [0.1, 0.15) is 11.4 Å². The zero-order chi connectivity index (χ0) is 16.9. The lowest BCUT2D eigenvalue weighted by atomic mass is 9.99. The highest BCUT2D eigenvalue weighted by atomic mass is 16.5. The highest BCUT2D eigenvalue weighted by Gasteiger charge is 2.32. The zero-order valence-electron chi connectivity index (χ0n) is 14.8. The molecule has 0 aliphatic heterocycles. The molecular formula is C19H29NO3. The average molecular weight is 319 g/mol. The normalized spacial score (nSPS) is 17.7. The Labute approximate surface area is 139 Å². The number of ether oxygens (including phenoxy) is 2. The fourth-order valence-corrected chi connectivity index (χ4v) is 3.09. The Kier molecular flexibility index (Phi) is 6.05. The van der Waals surface area contributed by atoms with Crippen LogP contribution in [-0.4, -0.2) is 24.7 Å². The summed E-state index contributed by atoms with van der Waals surface area (Å²) in [7, 11) is 1.58. The Morgan fingerprint density at radius 2 is 2.04 bits per heavy atom. The van der Waals surface area contributed by atoms with Gasteiger partial charge in [-0.3, -0.25) is 4.79 Å². The van der Waals surface area contributed by atoms with Crippen LogP contribution in [0.2, 0.25) is 0 Å². The lowest BCUT2D eigenvalue weighted by molar-refractivity contribution is -0.136. The number of benzene rings is 1. The second kappa shape index (κ2) is 7.82. The minimum Gasteiger partial charge on any atom is -0.490 e. The van der Waals surface area contributed by atoms with Crippen molar-refractivity contribution in [3.8, 4) is 5.75 Å². The van der Waals surface area contributed by atoms with Crippen molar-refractivity contribution in [3.05, 3.63) is 23.8 Å². The van der Waals surface area contributed by atoms with Crippen LogP contribution in [0.15, 0.2) is 18.2 Å². The van der Waals surface area contributed by atoms with Crippen LogP contribution in [0.3, 0.4) is 0 Å². The summed E-state index contributed by atoms with van der Waals surface area (Å²) in [5.41, 5.74) is 1.04. The SMILES string of the molecule is CCCC(C)(OC)C(=O)Nc1ccc(OC2CCCC2)c(C)c1. The van der Waals surface area contributed by atoms with Crippen molar-refractivity contribution >= 4 is 11.6 Å². The van der Waals surface area contributed by atoms with E-state index in [0.29, 0.717) is 12.5 Å². The maximum absolute atomic E-state index is 12.5. The lowest BCUT2D eigenvalue weighted by Gasteiger charge is -2.26. The molecule has 0 aromatic heterocycles. The van der Waals surface area contributed by atoms with Gasteiger partial charge in [-0.25, -0.2) is 0 Å². The Morgan fingerprint density at radius 3 is 2.61 bits per heavy atom. The third kappa shape index (κ3) is 4.47. The molecule has 0 radical (unpaired) electrons. The van der Waals surface area contributed by atoms with Crippen LogP contribution >= 0.6 is 0 Å². The summed E-state index contributed by atoms with van der Waals surface area (Å²) < 4.78 is 11.5. The average Bonchev–Trinajstić information content (AvgIpc) is 3.03. The predicted octanol–water partition coefficient (Wildman–Crippen LogP) is 4.46. The van der Waals surface area contributed by atoms with E-state index in [9.17, 15) is 4.79 Å². The monoisotopic (exact) mass is 319 g/mol. The summed E-state index contributed by atoms with van der Waals surface area (Å²) >= 11 is 0. The van der Waals surface area contributed by atoms with E-state index < -0.39 is 5.60 Å². The molecule has 1 aromatic carbocycles. The quantitative estimate of drug-likeness (QED) is 0.807. The van der Waals surface area contributed by atoms with Crippen molar-refractivity contribution in [3.63, 3.8) is 0 Å². The first kappa shape index (κ1) is 17.8. The van der Waals surface area contributed by atoms with Gasteiger partial charge < -0.3 is 14.8 Å². The first-order valence-electron chi connectivity index (χ1n) is 8.62. The molecule has 0 bridgehead atoms. The topological polar surface area (TPSA) is 47.6 Å². The third-order valence-corrected chi connectivity index (χ3v) is 4.69. The molecule has 1 amide bonds. The number of anilines is 1. The Balaban J connectivity index is 2.03. The molecular weight excluding hydrogens is 290 g/mol. The lowest BCUT2D eigenvalue weighted by Crippen LogP contribution is -2.41. The largest absolute Gasteiger partial charge is 0.490 e. The fraction of sp³-hybridized carbons (Fsp3) is 0.632. The maximum Gasteiger partial charge on any atom is 0.256 e. The summed E-state index contributed by atoms with van der Waals surface area (Å²) in [4.78, 5) is 12.5. The van der Waals surface area contributed by atoms with Crippen LogP contribution < -0.4 is 10.1 Å². The number of carbonyl (C=O) groups excluding carboxylic acids is 1. The summed E-state index contributed by atoms with van der Waals surface area (Å²) in [6.07, 6.45) is 6.72. The minimum atomic E-state index is -0.790. The predicted molar refractivity (Wildman–Crippen MR) is 93.0 cm³/mol. The number of rotatable bonds is 7. The minimum absolute atomic E-state index is 0.106. The van der Waals surface area contributed by atoms with Crippen molar-refractivity contribution in [2.24, 2.45) is 0 Å². The van der Waals surface area contributed by atoms with E-state index in [4.69, 9.17) is 9.47 Å². The second-order valence-corrected chi connectivity index (χ2v) is 6.64. The van der Waals surface area contributed by atoms with Crippen LogP contribution in [-0.2, 0) is 9.53 Å².